The van der Waals surface area contributed by atoms with E-state index < -0.39 is 11.6 Å². The van der Waals surface area contributed by atoms with Crippen molar-refractivity contribution in [2.75, 3.05) is 13.6 Å². The Bertz CT molecular complexity index is 756. The van der Waals surface area contributed by atoms with Crippen molar-refractivity contribution in [2.45, 2.75) is 18.6 Å². The Morgan fingerprint density at radius 1 is 1.04 bits per heavy atom. The number of likely N-dealkylation sites (N-methyl/N-ethyl adjacent to an activating group) is 1. The van der Waals surface area contributed by atoms with Crippen molar-refractivity contribution < 1.29 is 5.11 Å². The molecule has 0 spiro atoms. The summed E-state index contributed by atoms with van der Waals surface area (Å²) in [5, 5.41) is 15.1. The van der Waals surface area contributed by atoms with Gasteiger partial charge >= 0.3 is 0 Å². The number of para-hydroxylation sites is 1. The number of fused-ring (bicyclic) bond motifs is 1. The number of nitrogens with zero attached hydrogens (tertiary/aromatic N) is 1. The van der Waals surface area contributed by atoms with Crippen molar-refractivity contribution in [2.24, 2.45) is 0 Å². The monoisotopic (exact) mass is 330 g/mol. The molecule has 0 aliphatic rings. The van der Waals surface area contributed by atoms with Crippen LogP contribution in [-0.4, -0.2) is 29.4 Å². The number of benzene rings is 2. The number of aromatic nitrogens is 1. The maximum absolute atomic E-state index is 10.9. The summed E-state index contributed by atoms with van der Waals surface area (Å²) in [4.78, 5) is 0. The Labute approximate surface area is 143 Å². The van der Waals surface area contributed by atoms with E-state index in [0.29, 0.717) is 6.54 Å². The van der Waals surface area contributed by atoms with Crippen molar-refractivity contribution in [3.05, 3.63) is 72.4 Å². The van der Waals surface area contributed by atoms with Crippen molar-refractivity contribution in [1.29, 1.82) is 0 Å². The smallest absolute Gasteiger partial charge is 0.0939 e. The molecular weight excluding hydrogens is 308 g/mol. The van der Waals surface area contributed by atoms with E-state index in [4.69, 9.17) is 0 Å². The number of hydrogen-bond acceptors (Lipinski definition) is 2. The summed E-state index contributed by atoms with van der Waals surface area (Å²) < 4.78 is 2.18. The molecule has 0 saturated heterocycles. The molecule has 0 unspecified atom stereocenters. The van der Waals surface area contributed by atoms with Gasteiger partial charge in [-0.25, -0.2) is 0 Å². The van der Waals surface area contributed by atoms with Gasteiger partial charge in [0.2, 0.25) is 0 Å². The average molecular weight is 331 g/mol. The first-order valence-corrected chi connectivity index (χ1v) is 7.62. The fourth-order valence-electron chi connectivity index (χ4n) is 3.15. The van der Waals surface area contributed by atoms with E-state index in [0.717, 1.165) is 11.1 Å². The summed E-state index contributed by atoms with van der Waals surface area (Å²) in [5.74, 6) is 0. The second-order valence-electron chi connectivity index (χ2n) is 5.83. The maximum Gasteiger partial charge on any atom is 0.0939 e. The van der Waals surface area contributed by atoms with E-state index in [2.05, 4.69) is 53.3 Å². The van der Waals surface area contributed by atoms with Crippen LogP contribution in [-0.2, 0) is 5.54 Å². The highest BCUT2D eigenvalue weighted by Gasteiger charge is 2.36. The molecule has 0 aliphatic carbocycles. The van der Waals surface area contributed by atoms with Gasteiger partial charge in [0, 0.05) is 18.3 Å². The molecule has 2 N–H and O–H groups in total. The molecule has 0 aliphatic heterocycles. The topological polar surface area (TPSA) is 37.2 Å². The first-order valence-electron chi connectivity index (χ1n) is 7.62. The molecule has 1 heterocycles. The standard InChI is InChI=1S/C19H22N2O.ClH/c1-19(18(22)14-20-2,16-9-4-3-5-10-16)21-13-12-15-8-6-7-11-17(15)21;/h3-13,18,20,22H,14H2,1-2H3;1H/t18-,19+;/m1./s1. The Balaban J connectivity index is 0.00000192. The molecule has 0 bridgehead atoms. The third-order valence-electron chi connectivity index (χ3n) is 4.50. The first kappa shape index (κ1) is 17.5. The summed E-state index contributed by atoms with van der Waals surface area (Å²) in [7, 11) is 1.86. The first-order chi connectivity index (χ1) is 10.7. The third-order valence-corrected chi connectivity index (χ3v) is 4.50. The molecule has 0 saturated carbocycles. The predicted molar refractivity (Wildman–Crippen MR) is 98.3 cm³/mol. The summed E-state index contributed by atoms with van der Waals surface area (Å²) in [6.45, 7) is 2.62. The van der Waals surface area contributed by atoms with E-state index in [1.54, 1.807) is 0 Å². The van der Waals surface area contributed by atoms with Gasteiger partial charge in [0.05, 0.1) is 11.6 Å². The molecule has 4 heteroatoms. The highest BCUT2D eigenvalue weighted by atomic mass is 35.5. The van der Waals surface area contributed by atoms with Gasteiger partial charge in [-0.05, 0) is 37.1 Å². The lowest BCUT2D eigenvalue weighted by Crippen LogP contribution is -2.47. The lowest BCUT2D eigenvalue weighted by molar-refractivity contribution is 0.0753. The molecule has 3 aromatic rings. The van der Waals surface area contributed by atoms with Crippen LogP contribution in [0.1, 0.15) is 12.5 Å². The van der Waals surface area contributed by atoms with Gasteiger partial charge < -0.3 is 15.0 Å². The van der Waals surface area contributed by atoms with Crippen LogP contribution in [0, 0.1) is 0 Å². The highest BCUT2D eigenvalue weighted by Crippen LogP contribution is 2.33. The Morgan fingerprint density at radius 3 is 2.39 bits per heavy atom. The largest absolute Gasteiger partial charge is 0.389 e. The van der Waals surface area contributed by atoms with Crippen molar-refractivity contribution in [1.82, 2.24) is 9.88 Å². The molecule has 3 nitrogen and oxygen atoms in total. The Morgan fingerprint density at radius 2 is 1.70 bits per heavy atom. The molecule has 2 aromatic carbocycles. The minimum Gasteiger partial charge on any atom is -0.389 e. The van der Waals surface area contributed by atoms with Crippen LogP contribution >= 0.6 is 12.4 Å². The Kier molecular flexibility index (Phi) is 5.47. The molecule has 0 amide bonds. The van der Waals surface area contributed by atoms with Crippen LogP contribution in [0.15, 0.2) is 66.9 Å². The van der Waals surface area contributed by atoms with Gasteiger partial charge in [0.1, 0.15) is 0 Å². The number of aliphatic hydroxyl groups excluding tert-OH is 1. The molecule has 1 aromatic heterocycles. The number of hydrogen-bond donors (Lipinski definition) is 2. The molecule has 0 radical (unpaired) electrons. The third kappa shape index (κ3) is 3.00. The highest BCUT2D eigenvalue weighted by molar-refractivity contribution is 5.85. The van der Waals surface area contributed by atoms with E-state index in [-0.39, 0.29) is 12.4 Å². The summed E-state index contributed by atoms with van der Waals surface area (Å²) >= 11 is 0. The van der Waals surface area contributed by atoms with E-state index >= 15 is 0 Å². The molecule has 0 fully saturated rings. The van der Waals surface area contributed by atoms with Gasteiger partial charge in [-0.15, -0.1) is 12.4 Å². The number of nitrogens with one attached hydrogen (secondary N) is 1. The number of halogens is 1. The molecule has 23 heavy (non-hydrogen) atoms. The fraction of sp³-hybridized carbons (Fsp3) is 0.263. The molecule has 2 atom stereocenters. The van der Waals surface area contributed by atoms with Crippen LogP contribution in [0.2, 0.25) is 0 Å². The van der Waals surface area contributed by atoms with E-state index in [1.807, 2.05) is 37.4 Å². The van der Waals surface area contributed by atoms with Crippen LogP contribution in [0.5, 0.6) is 0 Å². The minimum atomic E-state index is -0.546. The zero-order valence-electron chi connectivity index (χ0n) is 13.4. The Hall–Kier alpha value is -1.81. The SMILES string of the molecule is CNC[C@@H](O)[C@](C)(c1ccccc1)n1ccc2ccccc21.Cl. The summed E-state index contributed by atoms with van der Waals surface area (Å²) in [6, 6.07) is 20.6. The van der Waals surface area contributed by atoms with E-state index in [1.165, 1.54) is 5.39 Å². The van der Waals surface area contributed by atoms with Crippen molar-refractivity contribution >= 4 is 23.3 Å². The second-order valence-corrected chi connectivity index (χ2v) is 5.83. The zero-order chi connectivity index (χ0) is 15.6. The van der Waals surface area contributed by atoms with Gasteiger partial charge in [-0.2, -0.15) is 0 Å². The van der Waals surface area contributed by atoms with Gasteiger partial charge in [-0.1, -0.05) is 48.5 Å². The van der Waals surface area contributed by atoms with Crippen LogP contribution in [0.25, 0.3) is 10.9 Å². The molecule has 3 rings (SSSR count). The quantitative estimate of drug-likeness (QED) is 0.752. The molecule has 122 valence electrons. The van der Waals surface area contributed by atoms with Crippen molar-refractivity contribution in [3.8, 4) is 0 Å². The van der Waals surface area contributed by atoms with Crippen LogP contribution < -0.4 is 5.32 Å². The lowest BCUT2D eigenvalue weighted by atomic mass is 9.85. The zero-order valence-corrected chi connectivity index (χ0v) is 14.3. The number of aliphatic hydroxyl groups is 1. The summed E-state index contributed by atoms with van der Waals surface area (Å²) in [5.41, 5.74) is 1.69. The fourth-order valence-corrected chi connectivity index (χ4v) is 3.15. The maximum atomic E-state index is 10.9. The van der Waals surface area contributed by atoms with E-state index in [9.17, 15) is 5.11 Å². The lowest BCUT2D eigenvalue weighted by Gasteiger charge is -2.37. The van der Waals surface area contributed by atoms with Crippen molar-refractivity contribution in [3.63, 3.8) is 0 Å². The average Bonchev–Trinajstić information content (AvgIpc) is 2.99. The van der Waals surface area contributed by atoms with Crippen LogP contribution in [0.3, 0.4) is 0 Å². The van der Waals surface area contributed by atoms with Gasteiger partial charge in [0.25, 0.3) is 0 Å². The van der Waals surface area contributed by atoms with Crippen LogP contribution in [0.4, 0.5) is 0 Å². The van der Waals surface area contributed by atoms with Gasteiger partial charge in [-0.3, -0.25) is 0 Å². The minimum absolute atomic E-state index is 0. The second kappa shape index (κ2) is 7.18. The predicted octanol–water partition coefficient (Wildman–Crippen LogP) is 3.41. The summed E-state index contributed by atoms with van der Waals surface area (Å²) in [6.07, 6.45) is 1.52. The molecular formula is C19H23ClN2O. The van der Waals surface area contributed by atoms with Gasteiger partial charge in [0.15, 0.2) is 0 Å². The number of rotatable bonds is 5. The normalized spacial score (nSPS) is 14.9.